The summed E-state index contributed by atoms with van der Waals surface area (Å²) in [5.74, 6) is 0.740. The Kier molecular flexibility index (Phi) is 4.74. The molecule has 3 rings (SSSR count). The van der Waals surface area contributed by atoms with Crippen LogP contribution in [0.25, 0.3) is 10.9 Å². The molecule has 1 aromatic heterocycles. The lowest BCUT2D eigenvalue weighted by molar-refractivity contribution is 0.112. The number of aromatic nitrogens is 1. The Labute approximate surface area is 139 Å². The number of benzene rings is 2. The third kappa shape index (κ3) is 3.79. The summed E-state index contributed by atoms with van der Waals surface area (Å²) in [5, 5.41) is 5.03. The van der Waals surface area contributed by atoms with Crippen molar-refractivity contribution in [2.24, 2.45) is 0 Å². The first-order valence-electron chi connectivity index (χ1n) is 7.22. The van der Waals surface area contributed by atoms with Crippen LogP contribution in [0.5, 0.6) is 5.75 Å². The molecule has 0 aliphatic rings. The van der Waals surface area contributed by atoms with Crippen LogP contribution < -0.4 is 10.1 Å². The molecule has 5 heteroatoms. The minimum absolute atomic E-state index is 0.512. The van der Waals surface area contributed by atoms with E-state index in [1.54, 1.807) is 30.5 Å². The lowest BCUT2D eigenvalue weighted by atomic mass is 10.2. The van der Waals surface area contributed by atoms with E-state index in [0.717, 1.165) is 28.6 Å². The molecular weight excluding hydrogens is 312 g/mol. The van der Waals surface area contributed by atoms with Crippen LogP contribution in [0.4, 0.5) is 5.69 Å². The lowest BCUT2D eigenvalue weighted by Gasteiger charge is -2.11. The van der Waals surface area contributed by atoms with Crippen LogP contribution in [0.3, 0.4) is 0 Å². The molecule has 3 aromatic rings. The molecule has 1 heterocycles. The van der Waals surface area contributed by atoms with Crippen molar-refractivity contribution >= 4 is 34.5 Å². The van der Waals surface area contributed by atoms with Gasteiger partial charge in [0.15, 0.2) is 0 Å². The molecule has 0 aliphatic heterocycles. The smallest absolute Gasteiger partial charge is 0.150 e. The van der Waals surface area contributed by atoms with Gasteiger partial charge < -0.3 is 10.1 Å². The summed E-state index contributed by atoms with van der Waals surface area (Å²) >= 11 is 5.99. The number of nitrogens with one attached hydrogen (secondary N) is 1. The summed E-state index contributed by atoms with van der Waals surface area (Å²) in [6.45, 7) is 1.16. The average molecular weight is 327 g/mol. The Morgan fingerprint density at radius 3 is 2.74 bits per heavy atom. The number of carbonyl (C=O) groups is 1. The van der Waals surface area contributed by atoms with Gasteiger partial charge in [0.25, 0.3) is 0 Å². The molecule has 23 heavy (non-hydrogen) atoms. The predicted molar refractivity (Wildman–Crippen MR) is 92.6 cm³/mol. The van der Waals surface area contributed by atoms with Crippen LogP contribution in [0, 0.1) is 0 Å². The molecule has 2 aromatic carbocycles. The topological polar surface area (TPSA) is 51.2 Å². The van der Waals surface area contributed by atoms with Crippen LogP contribution in [0.15, 0.2) is 54.7 Å². The van der Waals surface area contributed by atoms with Gasteiger partial charge in [-0.2, -0.15) is 0 Å². The highest BCUT2D eigenvalue weighted by atomic mass is 35.5. The maximum Gasteiger partial charge on any atom is 0.150 e. The number of ether oxygens (including phenoxy) is 1. The van der Waals surface area contributed by atoms with E-state index in [1.807, 2.05) is 24.3 Å². The fourth-order valence-electron chi connectivity index (χ4n) is 2.27. The fourth-order valence-corrected chi connectivity index (χ4v) is 2.44. The zero-order valence-corrected chi connectivity index (χ0v) is 13.1. The van der Waals surface area contributed by atoms with Crippen molar-refractivity contribution < 1.29 is 9.53 Å². The number of rotatable bonds is 6. The molecule has 0 fully saturated rings. The number of carbonyl (C=O) groups excluding carboxylic acids is 1. The number of anilines is 1. The molecule has 0 saturated heterocycles. The maximum absolute atomic E-state index is 10.6. The summed E-state index contributed by atoms with van der Waals surface area (Å²) in [4.78, 5) is 14.9. The highest BCUT2D eigenvalue weighted by Crippen LogP contribution is 2.24. The Balaban J connectivity index is 1.59. The first-order valence-corrected chi connectivity index (χ1v) is 7.60. The third-order valence-electron chi connectivity index (χ3n) is 3.41. The molecule has 0 saturated carbocycles. The normalized spacial score (nSPS) is 10.5. The molecule has 4 nitrogen and oxygen atoms in total. The predicted octanol–water partition coefficient (Wildman–Crippen LogP) is 4.19. The second-order valence-corrected chi connectivity index (χ2v) is 5.42. The molecule has 0 amide bonds. The maximum atomic E-state index is 10.6. The van der Waals surface area contributed by atoms with E-state index in [1.165, 1.54) is 0 Å². The zero-order valence-electron chi connectivity index (χ0n) is 12.3. The molecule has 116 valence electrons. The van der Waals surface area contributed by atoms with Crippen molar-refractivity contribution in [1.29, 1.82) is 0 Å². The Morgan fingerprint density at radius 2 is 1.96 bits per heavy atom. The minimum Gasteiger partial charge on any atom is -0.492 e. The van der Waals surface area contributed by atoms with Crippen molar-refractivity contribution in [3.63, 3.8) is 0 Å². The summed E-state index contributed by atoms with van der Waals surface area (Å²) in [5.41, 5.74) is 2.48. The van der Waals surface area contributed by atoms with E-state index in [4.69, 9.17) is 16.3 Å². The van der Waals surface area contributed by atoms with Gasteiger partial charge in [-0.3, -0.25) is 9.78 Å². The number of hydrogen-bond donors (Lipinski definition) is 1. The SMILES string of the molecule is O=Cc1ccc(OCCNc2ccnc3cc(Cl)ccc23)cc1. The van der Waals surface area contributed by atoms with Crippen molar-refractivity contribution in [3.05, 3.63) is 65.3 Å². The number of nitrogens with zero attached hydrogens (tertiary/aromatic N) is 1. The first-order chi connectivity index (χ1) is 11.3. The van der Waals surface area contributed by atoms with Crippen molar-refractivity contribution in [2.75, 3.05) is 18.5 Å². The van der Waals surface area contributed by atoms with Gasteiger partial charge in [0.2, 0.25) is 0 Å². The summed E-state index contributed by atoms with van der Waals surface area (Å²) in [6, 6.07) is 14.6. The van der Waals surface area contributed by atoms with Crippen molar-refractivity contribution in [1.82, 2.24) is 4.98 Å². The Hall–Kier alpha value is -2.59. The highest BCUT2D eigenvalue weighted by Gasteiger charge is 2.02. The molecular formula is C18H15ClN2O2. The first kappa shape index (κ1) is 15.3. The molecule has 0 unspecified atom stereocenters. The second kappa shape index (κ2) is 7.11. The summed E-state index contributed by atoms with van der Waals surface area (Å²) in [6.07, 6.45) is 2.56. The summed E-state index contributed by atoms with van der Waals surface area (Å²) < 4.78 is 5.64. The number of pyridine rings is 1. The largest absolute Gasteiger partial charge is 0.492 e. The molecule has 1 N–H and O–H groups in total. The van der Waals surface area contributed by atoms with E-state index in [9.17, 15) is 4.79 Å². The zero-order chi connectivity index (χ0) is 16.1. The lowest BCUT2D eigenvalue weighted by Crippen LogP contribution is -2.11. The molecule has 0 radical (unpaired) electrons. The fraction of sp³-hybridized carbons (Fsp3) is 0.111. The van der Waals surface area contributed by atoms with Crippen molar-refractivity contribution in [2.45, 2.75) is 0 Å². The van der Waals surface area contributed by atoms with Crippen molar-refractivity contribution in [3.8, 4) is 5.75 Å². The van der Waals surface area contributed by atoms with Gasteiger partial charge >= 0.3 is 0 Å². The quantitative estimate of drug-likeness (QED) is 0.545. The molecule has 0 bridgehead atoms. The second-order valence-electron chi connectivity index (χ2n) is 4.98. The van der Waals surface area contributed by atoms with Gasteiger partial charge in [-0.25, -0.2) is 0 Å². The van der Waals surface area contributed by atoms with Gasteiger partial charge in [-0.05, 0) is 48.5 Å². The van der Waals surface area contributed by atoms with Crippen LogP contribution in [-0.2, 0) is 0 Å². The minimum atomic E-state index is 0.512. The Bertz CT molecular complexity index is 819. The highest BCUT2D eigenvalue weighted by molar-refractivity contribution is 6.31. The summed E-state index contributed by atoms with van der Waals surface area (Å²) in [7, 11) is 0. The van der Waals surface area contributed by atoms with E-state index >= 15 is 0 Å². The van der Waals surface area contributed by atoms with Crippen LogP contribution in [0.2, 0.25) is 5.02 Å². The van der Waals surface area contributed by atoms with Crippen LogP contribution in [0.1, 0.15) is 10.4 Å². The van der Waals surface area contributed by atoms with Gasteiger partial charge in [0, 0.05) is 34.4 Å². The third-order valence-corrected chi connectivity index (χ3v) is 3.64. The Morgan fingerprint density at radius 1 is 1.13 bits per heavy atom. The van der Waals surface area contributed by atoms with Gasteiger partial charge in [-0.1, -0.05) is 11.6 Å². The monoisotopic (exact) mass is 326 g/mol. The standard InChI is InChI=1S/C18H15ClN2O2/c19-14-3-6-16-17(7-8-20-18(16)11-14)21-9-10-23-15-4-1-13(12-22)2-5-15/h1-8,11-12H,9-10H2,(H,20,21). The van der Waals surface area contributed by atoms with Gasteiger partial charge in [0.05, 0.1) is 5.52 Å². The average Bonchev–Trinajstić information content (AvgIpc) is 2.59. The van der Waals surface area contributed by atoms with E-state index in [0.29, 0.717) is 23.7 Å². The van der Waals surface area contributed by atoms with Gasteiger partial charge in [-0.15, -0.1) is 0 Å². The molecule has 0 atom stereocenters. The van der Waals surface area contributed by atoms with E-state index in [2.05, 4.69) is 10.3 Å². The number of fused-ring (bicyclic) bond motifs is 1. The van der Waals surface area contributed by atoms with Crippen LogP contribution >= 0.6 is 11.6 Å². The number of hydrogen-bond acceptors (Lipinski definition) is 4. The van der Waals surface area contributed by atoms with Crippen LogP contribution in [-0.4, -0.2) is 24.4 Å². The molecule has 0 aliphatic carbocycles. The van der Waals surface area contributed by atoms with E-state index in [-0.39, 0.29) is 0 Å². The van der Waals surface area contributed by atoms with Gasteiger partial charge in [0.1, 0.15) is 18.6 Å². The number of aldehydes is 1. The van der Waals surface area contributed by atoms with E-state index < -0.39 is 0 Å². The molecule has 0 spiro atoms. The number of halogens is 1.